The van der Waals surface area contributed by atoms with Crippen molar-refractivity contribution in [3.8, 4) is 0 Å². The predicted molar refractivity (Wildman–Crippen MR) is 41.0 cm³/mol. The fraction of sp³-hybridized carbons (Fsp3) is 0.429. The second kappa shape index (κ2) is 5.54. The third kappa shape index (κ3) is 3.94. The average molecular weight is 126 g/mol. The van der Waals surface area contributed by atoms with Crippen molar-refractivity contribution in [2.75, 3.05) is 13.1 Å². The van der Waals surface area contributed by atoms with Crippen LogP contribution in [0.25, 0.3) is 0 Å². The quantitative estimate of drug-likeness (QED) is 0.536. The summed E-state index contributed by atoms with van der Waals surface area (Å²) in [6, 6.07) is 0. The number of hydrogen-bond acceptors (Lipinski definition) is 2. The molecule has 0 radical (unpaired) electrons. The van der Waals surface area contributed by atoms with Crippen molar-refractivity contribution in [3.05, 3.63) is 24.3 Å². The SMILES string of the molecule is C=CC/C(=C/CN)CN. The maximum absolute atomic E-state index is 5.37. The monoisotopic (exact) mass is 126 g/mol. The van der Waals surface area contributed by atoms with E-state index in [9.17, 15) is 0 Å². The van der Waals surface area contributed by atoms with Crippen LogP contribution < -0.4 is 11.5 Å². The third-order valence-corrected chi connectivity index (χ3v) is 1.08. The highest BCUT2D eigenvalue weighted by Gasteiger charge is 1.86. The summed E-state index contributed by atoms with van der Waals surface area (Å²) in [5.41, 5.74) is 11.8. The molecule has 0 amide bonds. The lowest BCUT2D eigenvalue weighted by Crippen LogP contribution is -2.05. The molecule has 9 heavy (non-hydrogen) atoms. The lowest BCUT2D eigenvalue weighted by atomic mass is 10.2. The van der Waals surface area contributed by atoms with Gasteiger partial charge in [-0.2, -0.15) is 0 Å². The molecule has 0 rings (SSSR count). The van der Waals surface area contributed by atoms with Crippen LogP contribution in [0.4, 0.5) is 0 Å². The Morgan fingerprint density at radius 1 is 1.44 bits per heavy atom. The first-order valence-corrected chi connectivity index (χ1v) is 3.04. The van der Waals surface area contributed by atoms with Crippen LogP contribution in [-0.2, 0) is 0 Å². The van der Waals surface area contributed by atoms with E-state index in [0.29, 0.717) is 13.1 Å². The number of nitrogens with two attached hydrogens (primary N) is 2. The van der Waals surface area contributed by atoms with Crippen LogP contribution in [-0.4, -0.2) is 13.1 Å². The van der Waals surface area contributed by atoms with Gasteiger partial charge < -0.3 is 11.5 Å². The van der Waals surface area contributed by atoms with Gasteiger partial charge in [0.05, 0.1) is 0 Å². The molecule has 0 aromatic carbocycles. The number of rotatable bonds is 4. The van der Waals surface area contributed by atoms with E-state index < -0.39 is 0 Å². The Morgan fingerprint density at radius 3 is 2.44 bits per heavy atom. The number of allylic oxidation sites excluding steroid dienone is 1. The Labute approximate surface area is 56.2 Å². The molecular formula is C7H14N2. The fourth-order valence-corrected chi connectivity index (χ4v) is 0.602. The van der Waals surface area contributed by atoms with Crippen molar-refractivity contribution in [2.45, 2.75) is 6.42 Å². The first-order valence-electron chi connectivity index (χ1n) is 3.04. The van der Waals surface area contributed by atoms with Crippen molar-refractivity contribution >= 4 is 0 Å². The van der Waals surface area contributed by atoms with E-state index >= 15 is 0 Å². The van der Waals surface area contributed by atoms with Crippen LogP contribution in [0.2, 0.25) is 0 Å². The van der Waals surface area contributed by atoms with Crippen LogP contribution in [0.15, 0.2) is 24.3 Å². The zero-order valence-electron chi connectivity index (χ0n) is 5.64. The molecule has 0 fully saturated rings. The van der Waals surface area contributed by atoms with Crippen LogP contribution in [0.1, 0.15) is 6.42 Å². The largest absolute Gasteiger partial charge is 0.327 e. The Hall–Kier alpha value is -0.600. The van der Waals surface area contributed by atoms with Gasteiger partial charge in [-0.1, -0.05) is 17.7 Å². The van der Waals surface area contributed by atoms with Crippen molar-refractivity contribution in [1.29, 1.82) is 0 Å². The average Bonchev–Trinajstić information content (AvgIpc) is 1.88. The van der Waals surface area contributed by atoms with Crippen LogP contribution in [0.5, 0.6) is 0 Å². The van der Waals surface area contributed by atoms with E-state index in [-0.39, 0.29) is 0 Å². The van der Waals surface area contributed by atoms with Gasteiger partial charge in [0, 0.05) is 13.1 Å². The van der Waals surface area contributed by atoms with Gasteiger partial charge in [0.15, 0.2) is 0 Å². The predicted octanol–water partition coefficient (Wildman–Crippen LogP) is 0.406. The molecule has 0 saturated carbocycles. The lowest BCUT2D eigenvalue weighted by Gasteiger charge is -1.96. The highest BCUT2D eigenvalue weighted by Crippen LogP contribution is 1.96. The first kappa shape index (κ1) is 8.40. The Kier molecular flexibility index (Phi) is 5.17. The second-order valence-electron chi connectivity index (χ2n) is 1.79. The van der Waals surface area contributed by atoms with Gasteiger partial charge in [-0.05, 0) is 6.42 Å². The minimum atomic E-state index is 0.570. The minimum Gasteiger partial charge on any atom is -0.327 e. The zero-order valence-corrected chi connectivity index (χ0v) is 5.64. The van der Waals surface area contributed by atoms with E-state index in [0.717, 1.165) is 12.0 Å². The molecule has 0 atom stereocenters. The van der Waals surface area contributed by atoms with Gasteiger partial charge in [-0.25, -0.2) is 0 Å². The molecule has 0 aromatic rings. The van der Waals surface area contributed by atoms with Crippen LogP contribution in [0, 0.1) is 0 Å². The molecule has 0 saturated heterocycles. The summed E-state index contributed by atoms with van der Waals surface area (Å²) in [5, 5.41) is 0. The van der Waals surface area contributed by atoms with E-state index in [1.165, 1.54) is 0 Å². The van der Waals surface area contributed by atoms with E-state index in [1.54, 1.807) is 0 Å². The van der Waals surface area contributed by atoms with Gasteiger partial charge in [0.2, 0.25) is 0 Å². The maximum Gasteiger partial charge on any atom is 0.0140 e. The normalized spacial score (nSPS) is 11.6. The highest BCUT2D eigenvalue weighted by atomic mass is 14.5. The molecule has 0 spiro atoms. The maximum atomic E-state index is 5.37. The van der Waals surface area contributed by atoms with Crippen LogP contribution in [0.3, 0.4) is 0 Å². The van der Waals surface area contributed by atoms with Gasteiger partial charge >= 0.3 is 0 Å². The van der Waals surface area contributed by atoms with Gasteiger partial charge in [0.1, 0.15) is 0 Å². The summed E-state index contributed by atoms with van der Waals surface area (Å²) in [7, 11) is 0. The van der Waals surface area contributed by atoms with Gasteiger partial charge in [-0.3, -0.25) is 0 Å². The van der Waals surface area contributed by atoms with E-state index in [4.69, 9.17) is 11.5 Å². The smallest absolute Gasteiger partial charge is 0.0140 e. The summed E-state index contributed by atoms with van der Waals surface area (Å²) < 4.78 is 0. The molecule has 2 nitrogen and oxygen atoms in total. The molecule has 0 aliphatic carbocycles. The van der Waals surface area contributed by atoms with Crippen molar-refractivity contribution in [3.63, 3.8) is 0 Å². The molecule has 2 heteroatoms. The topological polar surface area (TPSA) is 52.0 Å². The zero-order chi connectivity index (χ0) is 7.11. The van der Waals surface area contributed by atoms with E-state index in [1.807, 2.05) is 12.2 Å². The fourth-order valence-electron chi connectivity index (χ4n) is 0.602. The Morgan fingerprint density at radius 2 is 2.11 bits per heavy atom. The minimum absolute atomic E-state index is 0.570. The van der Waals surface area contributed by atoms with Crippen molar-refractivity contribution in [1.82, 2.24) is 0 Å². The van der Waals surface area contributed by atoms with E-state index in [2.05, 4.69) is 6.58 Å². The summed E-state index contributed by atoms with van der Waals surface area (Å²) in [6.07, 6.45) is 4.61. The summed E-state index contributed by atoms with van der Waals surface area (Å²) in [4.78, 5) is 0. The summed E-state index contributed by atoms with van der Waals surface area (Å²) >= 11 is 0. The molecule has 0 aliphatic rings. The standard InChI is InChI=1S/C7H14N2/c1-2-3-7(6-9)4-5-8/h2,4H,1,3,5-6,8-9H2/b7-4-. The first-order chi connectivity index (χ1) is 4.35. The molecular weight excluding hydrogens is 112 g/mol. The highest BCUT2D eigenvalue weighted by molar-refractivity contribution is 5.07. The molecule has 4 N–H and O–H groups in total. The van der Waals surface area contributed by atoms with Gasteiger partial charge in [0.25, 0.3) is 0 Å². The van der Waals surface area contributed by atoms with Crippen molar-refractivity contribution < 1.29 is 0 Å². The number of hydrogen-bond donors (Lipinski definition) is 2. The molecule has 0 aliphatic heterocycles. The molecule has 0 heterocycles. The van der Waals surface area contributed by atoms with Crippen molar-refractivity contribution in [2.24, 2.45) is 11.5 Å². The van der Waals surface area contributed by atoms with Gasteiger partial charge in [-0.15, -0.1) is 6.58 Å². The molecule has 0 bridgehead atoms. The second-order valence-corrected chi connectivity index (χ2v) is 1.79. The Bertz CT molecular complexity index is 105. The Balaban J connectivity index is 3.65. The molecule has 0 aromatic heterocycles. The lowest BCUT2D eigenvalue weighted by molar-refractivity contribution is 1.04. The van der Waals surface area contributed by atoms with Crippen LogP contribution >= 0.6 is 0 Å². The summed E-state index contributed by atoms with van der Waals surface area (Å²) in [5.74, 6) is 0. The molecule has 0 unspecified atom stereocenters. The molecule has 52 valence electrons. The third-order valence-electron chi connectivity index (χ3n) is 1.08. The summed E-state index contributed by atoms with van der Waals surface area (Å²) in [6.45, 7) is 4.75.